The molecule has 2 aromatic carbocycles. The molecule has 0 saturated carbocycles. The number of rotatable bonds is 3. The summed E-state index contributed by atoms with van der Waals surface area (Å²) in [5, 5.41) is 0.369. The smallest absolute Gasteiger partial charge is 0.129 e. The maximum Gasteiger partial charge on any atom is 0.129 e. The Balaban J connectivity index is 2.25. The zero-order valence-electron chi connectivity index (χ0n) is 9.34. The molecule has 0 N–H and O–H groups in total. The van der Waals surface area contributed by atoms with E-state index in [1.165, 1.54) is 18.2 Å². The van der Waals surface area contributed by atoms with Crippen molar-refractivity contribution in [2.75, 3.05) is 0 Å². The van der Waals surface area contributed by atoms with Gasteiger partial charge >= 0.3 is 0 Å². The maximum atomic E-state index is 13.7. The molecule has 0 spiro atoms. The molecule has 4 heteroatoms. The lowest BCUT2D eigenvalue weighted by Crippen LogP contribution is -2.00. The van der Waals surface area contributed by atoms with Gasteiger partial charge in [0, 0.05) is 15.4 Å². The lowest BCUT2D eigenvalue weighted by atomic mass is 10.0. The van der Waals surface area contributed by atoms with Gasteiger partial charge in [0.2, 0.25) is 0 Å². The van der Waals surface area contributed by atoms with Crippen molar-refractivity contribution in [3.05, 3.63) is 70.2 Å². The number of benzene rings is 2. The largest absolute Gasteiger partial charge is 0.207 e. The van der Waals surface area contributed by atoms with Crippen LogP contribution in [0.1, 0.15) is 16.0 Å². The van der Waals surface area contributed by atoms with Gasteiger partial charge < -0.3 is 0 Å². The molecule has 1 unspecified atom stereocenters. The summed E-state index contributed by atoms with van der Waals surface area (Å²) in [6.07, 6.45) is 0.471. The van der Waals surface area contributed by atoms with Gasteiger partial charge in [-0.05, 0) is 36.2 Å². The highest BCUT2D eigenvalue weighted by molar-refractivity contribution is 9.09. The van der Waals surface area contributed by atoms with Crippen LogP contribution in [0.3, 0.4) is 0 Å². The zero-order chi connectivity index (χ0) is 13.1. The molecule has 18 heavy (non-hydrogen) atoms. The van der Waals surface area contributed by atoms with Gasteiger partial charge in [0.25, 0.3) is 0 Å². The first-order valence-electron chi connectivity index (χ1n) is 5.40. The van der Waals surface area contributed by atoms with E-state index in [1.54, 1.807) is 24.3 Å². The number of halogens is 4. The molecule has 0 fully saturated rings. The third kappa shape index (κ3) is 3.09. The second kappa shape index (κ2) is 5.81. The van der Waals surface area contributed by atoms with Gasteiger partial charge in [-0.1, -0.05) is 45.7 Å². The van der Waals surface area contributed by atoms with Crippen LogP contribution in [0.5, 0.6) is 0 Å². The molecule has 0 radical (unpaired) electrons. The molecule has 2 rings (SSSR count). The molecule has 0 aliphatic heterocycles. The quantitative estimate of drug-likeness (QED) is 0.670. The van der Waals surface area contributed by atoms with Gasteiger partial charge in [-0.25, -0.2) is 8.78 Å². The van der Waals surface area contributed by atoms with Gasteiger partial charge in [-0.2, -0.15) is 0 Å². The Morgan fingerprint density at radius 1 is 1.11 bits per heavy atom. The van der Waals surface area contributed by atoms with Gasteiger partial charge in [0.15, 0.2) is 0 Å². The minimum atomic E-state index is -0.360. The molecule has 0 aliphatic rings. The SMILES string of the molecule is Fc1cccc(CC(Br)c2c(F)cccc2Cl)c1. The highest BCUT2D eigenvalue weighted by atomic mass is 79.9. The van der Waals surface area contributed by atoms with E-state index in [0.717, 1.165) is 5.56 Å². The summed E-state index contributed by atoms with van der Waals surface area (Å²) in [6, 6.07) is 10.8. The third-order valence-corrected chi connectivity index (χ3v) is 3.73. The van der Waals surface area contributed by atoms with Crippen LogP contribution in [-0.4, -0.2) is 0 Å². The normalized spacial score (nSPS) is 12.4. The molecule has 0 amide bonds. The van der Waals surface area contributed by atoms with Crippen molar-refractivity contribution < 1.29 is 8.78 Å². The van der Waals surface area contributed by atoms with Gasteiger partial charge in [0.05, 0.1) is 0 Å². The predicted octanol–water partition coefficient (Wildman–Crippen LogP) is 5.30. The van der Waals surface area contributed by atoms with E-state index < -0.39 is 0 Å². The first-order chi connectivity index (χ1) is 8.58. The Bertz CT molecular complexity index is 537. The van der Waals surface area contributed by atoms with E-state index in [-0.39, 0.29) is 16.5 Å². The lowest BCUT2D eigenvalue weighted by molar-refractivity contribution is 0.607. The molecule has 0 nitrogen and oxygen atoms in total. The minimum absolute atomic E-state index is 0.284. The van der Waals surface area contributed by atoms with Crippen LogP contribution in [0.15, 0.2) is 42.5 Å². The third-order valence-electron chi connectivity index (χ3n) is 2.62. The average molecular weight is 332 g/mol. The highest BCUT2D eigenvalue weighted by Crippen LogP contribution is 2.34. The zero-order valence-corrected chi connectivity index (χ0v) is 11.7. The standard InChI is InChI=1S/C14H10BrClF2/c15-11(8-9-3-1-4-10(17)7-9)14-12(16)5-2-6-13(14)18/h1-7,11H,8H2. The van der Waals surface area contributed by atoms with E-state index in [0.29, 0.717) is 17.0 Å². The van der Waals surface area contributed by atoms with Crippen LogP contribution in [0, 0.1) is 11.6 Å². The topological polar surface area (TPSA) is 0 Å². The van der Waals surface area contributed by atoms with Gasteiger partial charge in [0.1, 0.15) is 11.6 Å². The van der Waals surface area contributed by atoms with Crippen LogP contribution in [0.25, 0.3) is 0 Å². The number of hydrogen-bond donors (Lipinski definition) is 0. The van der Waals surface area contributed by atoms with Crippen LogP contribution >= 0.6 is 27.5 Å². The van der Waals surface area contributed by atoms with Crippen molar-refractivity contribution in [2.45, 2.75) is 11.2 Å². The van der Waals surface area contributed by atoms with Crippen molar-refractivity contribution in [1.82, 2.24) is 0 Å². The van der Waals surface area contributed by atoms with E-state index in [9.17, 15) is 8.78 Å². The minimum Gasteiger partial charge on any atom is -0.207 e. The van der Waals surface area contributed by atoms with Crippen molar-refractivity contribution >= 4 is 27.5 Å². The van der Waals surface area contributed by atoms with Crippen LogP contribution in [0.2, 0.25) is 5.02 Å². The van der Waals surface area contributed by atoms with Crippen molar-refractivity contribution in [3.63, 3.8) is 0 Å². The summed E-state index contributed by atoms with van der Waals surface area (Å²) in [7, 11) is 0. The summed E-state index contributed by atoms with van der Waals surface area (Å²) >= 11 is 9.38. The molecule has 2 aromatic rings. The summed E-state index contributed by atoms with van der Waals surface area (Å²) in [6.45, 7) is 0. The molecule has 94 valence electrons. The summed E-state index contributed by atoms with van der Waals surface area (Å²) < 4.78 is 26.8. The van der Waals surface area contributed by atoms with E-state index in [1.807, 2.05) is 0 Å². The Kier molecular flexibility index (Phi) is 4.36. The molecule has 1 atom stereocenters. The van der Waals surface area contributed by atoms with E-state index in [4.69, 9.17) is 11.6 Å². The van der Waals surface area contributed by atoms with Crippen molar-refractivity contribution in [1.29, 1.82) is 0 Å². The van der Waals surface area contributed by atoms with Crippen LogP contribution < -0.4 is 0 Å². The predicted molar refractivity (Wildman–Crippen MR) is 73.2 cm³/mol. The Morgan fingerprint density at radius 2 is 1.83 bits per heavy atom. The molecule has 0 saturated heterocycles. The summed E-state index contributed by atoms with van der Waals surface area (Å²) in [5.41, 5.74) is 1.19. The molecule has 0 heterocycles. The molecule has 0 bridgehead atoms. The molecule has 0 aliphatic carbocycles. The van der Waals surface area contributed by atoms with Gasteiger partial charge in [-0.3, -0.25) is 0 Å². The summed E-state index contributed by atoms with van der Waals surface area (Å²) in [5.74, 6) is -0.660. The van der Waals surface area contributed by atoms with Crippen molar-refractivity contribution in [2.24, 2.45) is 0 Å². The first kappa shape index (κ1) is 13.5. The maximum absolute atomic E-state index is 13.7. The van der Waals surface area contributed by atoms with Crippen LogP contribution in [-0.2, 0) is 6.42 Å². The monoisotopic (exact) mass is 330 g/mol. The lowest BCUT2D eigenvalue weighted by Gasteiger charge is -2.13. The Labute approximate surface area is 118 Å². The fourth-order valence-corrected chi connectivity index (χ4v) is 3.05. The fraction of sp³-hybridized carbons (Fsp3) is 0.143. The van der Waals surface area contributed by atoms with E-state index >= 15 is 0 Å². The number of hydrogen-bond acceptors (Lipinski definition) is 0. The first-order valence-corrected chi connectivity index (χ1v) is 6.69. The molecule has 0 aromatic heterocycles. The van der Waals surface area contributed by atoms with E-state index in [2.05, 4.69) is 15.9 Å². The second-order valence-corrected chi connectivity index (χ2v) is 5.45. The Morgan fingerprint density at radius 3 is 2.50 bits per heavy atom. The van der Waals surface area contributed by atoms with Gasteiger partial charge in [-0.15, -0.1) is 0 Å². The summed E-state index contributed by atoms with van der Waals surface area (Å²) in [4.78, 5) is -0.284. The Hall–Kier alpha value is -0.930. The molecular formula is C14H10BrClF2. The highest BCUT2D eigenvalue weighted by Gasteiger charge is 2.16. The fourth-order valence-electron chi connectivity index (χ4n) is 1.78. The second-order valence-electron chi connectivity index (χ2n) is 3.94. The molecular weight excluding hydrogens is 322 g/mol. The van der Waals surface area contributed by atoms with Crippen molar-refractivity contribution in [3.8, 4) is 0 Å². The average Bonchev–Trinajstić information content (AvgIpc) is 2.28. The number of alkyl halides is 1. The van der Waals surface area contributed by atoms with Crippen LogP contribution in [0.4, 0.5) is 8.78 Å².